The van der Waals surface area contributed by atoms with Crippen LogP contribution in [0.3, 0.4) is 0 Å². The zero-order valence-electron chi connectivity index (χ0n) is 12.4. The molecule has 0 saturated carbocycles. The van der Waals surface area contributed by atoms with Gasteiger partial charge in [0.05, 0.1) is 0 Å². The van der Waals surface area contributed by atoms with Crippen LogP contribution in [0.2, 0.25) is 5.02 Å². The van der Waals surface area contributed by atoms with E-state index in [1.165, 1.54) is 11.3 Å². The molecule has 20 heavy (non-hydrogen) atoms. The topological polar surface area (TPSA) is 3.24 Å². The highest BCUT2D eigenvalue weighted by Crippen LogP contribution is 2.54. The predicted molar refractivity (Wildman–Crippen MR) is 87.1 cm³/mol. The first-order valence-electron chi connectivity index (χ1n) is 7.01. The normalized spacial score (nSPS) is 18.9. The van der Waals surface area contributed by atoms with Crippen molar-refractivity contribution in [3.8, 4) is 0 Å². The van der Waals surface area contributed by atoms with Gasteiger partial charge in [0.15, 0.2) is 0 Å². The largest absolute Gasteiger partial charge is 0.335 e. The van der Waals surface area contributed by atoms with Crippen molar-refractivity contribution in [1.82, 2.24) is 0 Å². The molecule has 0 spiro atoms. The highest BCUT2D eigenvalue weighted by molar-refractivity contribution is 6.30. The molecule has 0 amide bonds. The number of fused-ring (bicyclic) bond motifs is 1. The molecule has 2 aromatic carbocycles. The van der Waals surface area contributed by atoms with Crippen LogP contribution < -0.4 is 4.90 Å². The van der Waals surface area contributed by atoms with E-state index in [0.29, 0.717) is 0 Å². The van der Waals surface area contributed by atoms with Crippen molar-refractivity contribution in [2.75, 3.05) is 4.90 Å². The Balaban J connectivity index is 2.25. The van der Waals surface area contributed by atoms with Gasteiger partial charge in [0.1, 0.15) is 0 Å². The van der Waals surface area contributed by atoms with Crippen molar-refractivity contribution in [2.45, 2.75) is 38.6 Å². The first-order valence-corrected chi connectivity index (χ1v) is 7.39. The molecule has 0 N–H and O–H groups in total. The zero-order valence-corrected chi connectivity index (χ0v) is 13.2. The van der Waals surface area contributed by atoms with Gasteiger partial charge in [-0.15, -0.1) is 0 Å². The van der Waals surface area contributed by atoms with E-state index in [1.807, 2.05) is 18.2 Å². The molecule has 2 heteroatoms. The van der Waals surface area contributed by atoms with E-state index in [9.17, 15) is 0 Å². The van der Waals surface area contributed by atoms with E-state index >= 15 is 0 Å². The molecule has 1 heterocycles. The summed E-state index contributed by atoms with van der Waals surface area (Å²) in [6.45, 7) is 9.23. The first kappa shape index (κ1) is 13.5. The fourth-order valence-corrected chi connectivity index (χ4v) is 3.37. The van der Waals surface area contributed by atoms with Gasteiger partial charge in [-0.2, -0.15) is 0 Å². The third-order valence-corrected chi connectivity index (χ3v) is 5.21. The standard InChI is InChI=1S/C18H20ClN/c1-17(2)15-10-5-6-11-16(15)20(18(17,3)4)14-9-7-8-13(19)12-14/h5-12H,1-4H3. The second kappa shape index (κ2) is 4.26. The summed E-state index contributed by atoms with van der Waals surface area (Å²) in [5, 5.41) is 0.778. The quantitative estimate of drug-likeness (QED) is 0.664. The summed E-state index contributed by atoms with van der Waals surface area (Å²) in [7, 11) is 0. The Morgan fingerprint density at radius 3 is 2.30 bits per heavy atom. The van der Waals surface area contributed by atoms with Crippen LogP contribution in [0, 0.1) is 0 Å². The summed E-state index contributed by atoms with van der Waals surface area (Å²) in [6.07, 6.45) is 0. The molecule has 1 aliphatic rings. The van der Waals surface area contributed by atoms with Crippen LogP contribution in [0.15, 0.2) is 48.5 Å². The van der Waals surface area contributed by atoms with E-state index in [0.717, 1.165) is 10.7 Å². The van der Waals surface area contributed by atoms with Gasteiger partial charge >= 0.3 is 0 Å². The van der Waals surface area contributed by atoms with E-state index in [2.05, 4.69) is 62.9 Å². The second-order valence-corrected chi connectivity index (χ2v) is 6.95. The number of rotatable bonds is 1. The maximum absolute atomic E-state index is 6.19. The minimum Gasteiger partial charge on any atom is -0.335 e. The van der Waals surface area contributed by atoms with Crippen LogP contribution in [0.1, 0.15) is 33.3 Å². The highest BCUT2D eigenvalue weighted by atomic mass is 35.5. The highest BCUT2D eigenvalue weighted by Gasteiger charge is 2.50. The fourth-order valence-electron chi connectivity index (χ4n) is 3.18. The number of para-hydroxylation sites is 1. The third kappa shape index (κ3) is 1.69. The molecule has 1 aliphatic heterocycles. The summed E-state index contributed by atoms with van der Waals surface area (Å²) in [5.74, 6) is 0. The Hall–Kier alpha value is -1.47. The Morgan fingerprint density at radius 1 is 0.900 bits per heavy atom. The zero-order chi connectivity index (χ0) is 14.5. The second-order valence-electron chi connectivity index (χ2n) is 6.52. The smallest absolute Gasteiger partial charge is 0.0487 e. The fraction of sp³-hybridized carbons (Fsp3) is 0.333. The number of nitrogens with zero attached hydrogens (tertiary/aromatic N) is 1. The Kier molecular flexibility index (Phi) is 2.88. The molecular formula is C18H20ClN. The molecule has 3 rings (SSSR count). The summed E-state index contributed by atoms with van der Waals surface area (Å²) in [4.78, 5) is 2.41. The molecule has 1 nitrogen and oxygen atoms in total. The lowest BCUT2D eigenvalue weighted by atomic mass is 9.72. The van der Waals surface area contributed by atoms with Crippen LogP contribution in [0.4, 0.5) is 11.4 Å². The number of hydrogen-bond acceptors (Lipinski definition) is 1. The average Bonchev–Trinajstić information content (AvgIpc) is 2.54. The van der Waals surface area contributed by atoms with E-state index in [4.69, 9.17) is 11.6 Å². The number of benzene rings is 2. The van der Waals surface area contributed by atoms with Gasteiger partial charge in [-0.1, -0.05) is 49.7 Å². The molecule has 2 aromatic rings. The Labute approximate surface area is 126 Å². The van der Waals surface area contributed by atoms with Gasteiger partial charge in [-0.3, -0.25) is 0 Å². The number of halogens is 1. The van der Waals surface area contributed by atoms with E-state index in [1.54, 1.807) is 0 Å². The van der Waals surface area contributed by atoms with Crippen molar-refractivity contribution in [1.29, 1.82) is 0 Å². The van der Waals surface area contributed by atoms with Gasteiger partial charge in [0.25, 0.3) is 0 Å². The summed E-state index contributed by atoms with van der Waals surface area (Å²) >= 11 is 6.19. The SMILES string of the molecule is CC1(C)c2ccccc2N(c2cccc(Cl)c2)C1(C)C. The molecule has 0 radical (unpaired) electrons. The monoisotopic (exact) mass is 285 g/mol. The van der Waals surface area contributed by atoms with Gasteiger partial charge < -0.3 is 4.90 Å². The van der Waals surface area contributed by atoms with Crippen LogP contribution in [0.5, 0.6) is 0 Å². The van der Waals surface area contributed by atoms with Gasteiger partial charge in [-0.05, 0) is 43.7 Å². The van der Waals surface area contributed by atoms with Gasteiger partial charge in [0, 0.05) is 27.4 Å². The van der Waals surface area contributed by atoms with Crippen molar-refractivity contribution < 1.29 is 0 Å². The molecule has 0 aromatic heterocycles. The number of anilines is 2. The lowest BCUT2D eigenvalue weighted by Gasteiger charge is -2.42. The summed E-state index contributed by atoms with van der Waals surface area (Å²) in [6, 6.07) is 16.8. The van der Waals surface area contributed by atoms with Gasteiger partial charge in [0.2, 0.25) is 0 Å². The Bertz CT molecular complexity index is 658. The van der Waals surface area contributed by atoms with Crippen LogP contribution in [0.25, 0.3) is 0 Å². The minimum atomic E-state index is -0.0125. The van der Waals surface area contributed by atoms with Crippen molar-refractivity contribution in [3.63, 3.8) is 0 Å². The average molecular weight is 286 g/mol. The molecular weight excluding hydrogens is 266 g/mol. The predicted octanol–water partition coefficient (Wildman–Crippen LogP) is 5.55. The molecule has 0 saturated heterocycles. The van der Waals surface area contributed by atoms with E-state index in [-0.39, 0.29) is 11.0 Å². The Morgan fingerprint density at radius 2 is 1.60 bits per heavy atom. The van der Waals surface area contributed by atoms with Crippen molar-refractivity contribution in [2.24, 2.45) is 0 Å². The van der Waals surface area contributed by atoms with Crippen LogP contribution in [-0.4, -0.2) is 5.54 Å². The maximum Gasteiger partial charge on any atom is 0.0487 e. The lowest BCUT2D eigenvalue weighted by molar-refractivity contribution is 0.330. The molecule has 0 aliphatic carbocycles. The molecule has 0 fully saturated rings. The van der Waals surface area contributed by atoms with Crippen molar-refractivity contribution in [3.05, 3.63) is 59.1 Å². The van der Waals surface area contributed by atoms with Gasteiger partial charge in [-0.25, -0.2) is 0 Å². The maximum atomic E-state index is 6.19. The summed E-state index contributed by atoms with van der Waals surface area (Å²) < 4.78 is 0. The lowest BCUT2D eigenvalue weighted by Crippen LogP contribution is -2.48. The van der Waals surface area contributed by atoms with Crippen LogP contribution >= 0.6 is 11.6 Å². The first-order chi connectivity index (χ1) is 9.35. The molecule has 0 atom stereocenters. The van der Waals surface area contributed by atoms with Crippen LogP contribution in [-0.2, 0) is 5.41 Å². The minimum absolute atomic E-state index is 0.0125. The summed E-state index contributed by atoms with van der Waals surface area (Å²) in [5.41, 5.74) is 3.89. The molecule has 104 valence electrons. The molecule has 0 unspecified atom stereocenters. The van der Waals surface area contributed by atoms with E-state index < -0.39 is 0 Å². The number of hydrogen-bond donors (Lipinski definition) is 0. The van der Waals surface area contributed by atoms with Crippen molar-refractivity contribution >= 4 is 23.0 Å². The third-order valence-electron chi connectivity index (χ3n) is 4.97. The molecule has 0 bridgehead atoms.